The molecule has 0 bridgehead atoms. The lowest BCUT2D eigenvalue weighted by atomic mass is 10.2. The van der Waals surface area contributed by atoms with E-state index < -0.39 is 12.3 Å². The van der Waals surface area contributed by atoms with Crippen molar-refractivity contribution in [3.8, 4) is 0 Å². The van der Waals surface area contributed by atoms with E-state index in [-0.39, 0.29) is 0 Å². The first-order valence-corrected chi connectivity index (χ1v) is 2.79. The van der Waals surface area contributed by atoms with Crippen LogP contribution in [0.1, 0.15) is 12.8 Å². The average molecular weight is 132 g/mol. The molecule has 0 aromatic rings. The van der Waals surface area contributed by atoms with Gasteiger partial charge in [0.1, 0.15) is 0 Å². The summed E-state index contributed by atoms with van der Waals surface area (Å²) in [5.41, 5.74) is 5.20. The molecule has 0 saturated heterocycles. The predicted molar refractivity (Wildman–Crippen MR) is 34.2 cm³/mol. The SMILES string of the molecule is N=CCCC(N)C(O)O. The standard InChI is InChI=1S/C5H12N2O2/c6-3-1-2-4(7)5(8)9/h3-6,8-9H,1-2,7H2. The Labute approximate surface area is 53.8 Å². The van der Waals surface area contributed by atoms with Crippen LogP contribution in [0.25, 0.3) is 0 Å². The predicted octanol–water partition coefficient (Wildman–Crippen LogP) is -0.946. The Bertz CT molecular complexity index is 85.0. The van der Waals surface area contributed by atoms with Crippen molar-refractivity contribution in [1.29, 1.82) is 5.41 Å². The van der Waals surface area contributed by atoms with E-state index in [2.05, 4.69) is 0 Å². The van der Waals surface area contributed by atoms with Gasteiger partial charge in [-0.25, -0.2) is 0 Å². The molecular formula is C5H12N2O2. The molecule has 1 unspecified atom stereocenters. The molecule has 4 nitrogen and oxygen atoms in total. The van der Waals surface area contributed by atoms with Crippen LogP contribution in [0.15, 0.2) is 0 Å². The van der Waals surface area contributed by atoms with Crippen molar-refractivity contribution in [2.24, 2.45) is 5.73 Å². The highest BCUT2D eigenvalue weighted by atomic mass is 16.5. The first-order valence-electron chi connectivity index (χ1n) is 2.79. The Morgan fingerprint density at radius 2 is 2.11 bits per heavy atom. The van der Waals surface area contributed by atoms with Crippen LogP contribution in [-0.4, -0.2) is 28.8 Å². The summed E-state index contributed by atoms with van der Waals surface area (Å²) < 4.78 is 0. The van der Waals surface area contributed by atoms with E-state index in [9.17, 15) is 0 Å². The van der Waals surface area contributed by atoms with Gasteiger partial charge in [0.15, 0.2) is 6.29 Å². The van der Waals surface area contributed by atoms with Gasteiger partial charge in [-0.2, -0.15) is 0 Å². The maximum Gasteiger partial charge on any atom is 0.166 e. The molecule has 0 radical (unpaired) electrons. The lowest BCUT2D eigenvalue weighted by Gasteiger charge is -2.10. The Morgan fingerprint density at radius 1 is 1.56 bits per heavy atom. The van der Waals surface area contributed by atoms with Gasteiger partial charge in [-0.1, -0.05) is 0 Å². The van der Waals surface area contributed by atoms with Crippen molar-refractivity contribution in [2.75, 3.05) is 0 Å². The summed E-state index contributed by atoms with van der Waals surface area (Å²) in [5.74, 6) is 0. The fourth-order valence-electron chi connectivity index (χ4n) is 0.425. The zero-order chi connectivity index (χ0) is 7.28. The first-order chi connectivity index (χ1) is 4.18. The topological polar surface area (TPSA) is 90.3 Å². The maximum absolute atomic E-state index is 8.40. The lowest BCUT2D eigenvalue weighted by Crippen LogP contribution is -2.34. The van der Waals surface area contributed by atoms with Crippen LogP contribution in [0.2, 0.25) is 0 Å². The van der Waals surface area contributed by atoms with Gasteiger partial charge in [0.2, 0.25) is 0 Å². The molecule has 0 aliphatic heterocycles. The van der Waals surface area contributed by atoms with E-state index in [0.717, 1.165) is 0 Å². The van der Waals surface area contributed by atoms with Gasteiger partial charge in [-0.15, -0.1) is 0 Å². The second-order valence-electron chi connectivity index (χ2n) is 1.86. The van der Waals surface area contributed by atoms with E-state index in [0.29, 0.717) is 12.8 Å². The van der Waals surface area contributed by atoms with E-state index in [4.69, 9.17) is 21.4 Å². The number of hydrogen-bond acceptors (Lipinski definition) is 4. The summed E-state index contributed by atoms with van der Waals surface area (Å²) in [6.07, 6.45) is 0.687. The zero-order valence-corrected chi connectivity index (χ0v) is 5.12. The van der Waals surface area contributed by atoms with E-state index >= 15 is 0 Å². The molecule has 0 amide bonds. The van der Waals surface area contributed by atoms with Gasteiger partial charge < -0.3 is 21.4 Å². The molecule has 0 aliphatic rings. The summed E-state index contributed by atoms with van der Waals surface area (Å²) in [7, 11) is 0. The van der Waals surface area contributed by atoms with Crippen molar-refractivity contribution < 1.29 is 10.2 Å². The van der Waals surface area contributed by atoms with Gasteiger partial charge in [-0.05, 0) is 19.1 Å². The number of hydrogen-bond donors (Lipinski definition) is 4. The molecule has 5 N–H and O–H groups in total. The first kappa shape index (κ1) is 8.55. The molecule has 0 aromatic carbocycles. The minimum absolute atomic E-state index is 0.446. The van der Waals surface area contributed by atoms with Crippen LogP contribution in [0.3, 0.4) is 0 Å². The van der Waals surface area contributed by atoms with E-state index in [1.165, 1.54) is 6.21 Å². The zero-order valence-electron chi connectivity index (χ0n) is 5.12. The molecule has 4 heteroatoms. The number of nitrogens with one attached hydrogen (secondary N) is 1. The Kier molecular flexibility index (Phi) is 4.21. The molecule has 9 heavy (non-hydrogen) atoms. The quantitative estimate of drug-likeness (QED) is 0.294. The van der Waals surface area contributed by atoms with Crippen LogP contribution in [0, 0.1) is 5.41 Å². The maximum atomic E-state index is 8.40. The molecule has 0 saturated carbocycles. The lowest BCUT2D eigenvalue weighted by molar-refractivity contribution is -0.0590. The molecule has 0 fully saturated rings. The van der Waals surface area contributed by atoms with Crippen LogP contribution in [0.4, 0.5) is 0 Å². The third-order valence-electron chi connectivity index (χ3n) is 1.03. The molecule has 0 spiro atoms. The number of nitrogens with two attached hydrogens (primary N) is 1. The van der Waals surface area contributed by atoms with Gasteiger partial charge in [-0.3, -0.25) is 0 Å². The molecular weight excluding hydrogens is 120 g/mol. The minimum atomic E-state index is -1.45. The van der Waals surface area contributed by atoms with Crippen molar-refractivity contribution in [3.63, 3.8) is 0 Å². The fourth-order valence-corrected chi connectivity index (χ4v) is 0.425. The van der Waals surface area contributed by atoms with Gasteiger partial charge in [0.05, 0.1) is 6.04 Å². The van der Waals surface area contributed by atoms with Crippen molar-refractivity contribution in [2.45, 2.75) is 25.2 Å². The van der Waals surface area contributed by atoms with E-state index in [1.54, 1.807) is 0 Å². The summed E-state index contributed by atoms with van der Waals surface area (Å²) in [6.45, 7) is 0. The average Bonchev–Trinajstić information content (AvgIpc) is 1.82. The Morgan fingerprint density at radius 3 is 2.44 bits per heavy atom. The van der Waals surface area contributed by atoms with Gasteiger partial charge in [0.25, 0.3) is 0 Å². The van der Waals surface area contributed by atoms with Crippen molar-refractivity contribution in [3.05, 3.63) is 0 Å². The van der Waals surface area contributed by atoms with Crippen LogP contribution in [0.5, 0.6) is 0 Å². The van der Waals surface area contributed by atoms with Crippen LogP contribution in [-0.2, 0) is 0 Å². The van der Waals surface area contributed by atoms with Crippen molar-refractivity contribution in [1.82, 2.24) is 0 Å². The Balaban J connectivity index is 3.26. The molecule has 0 aromatic heterocycles. The molecule has 1 atom stereocenters. The largest absolute Gasteiger partial charge is 0.367 e. The van der Waals surface area contributed by atoms with E-state index in [1.807, 2.05) is 0 Å². The van der Waals surface area contributed by atoms with Gasteiger partial charge in [0, 0.05) is 0 Å². The number of aliphatic hydroxyl groups excluding tert-OH is 1. The summed E-state index contributed by atoms with van der Waals surface area (Å²) in [4.78, 5) is 0. The number of rotatable bonds is 4. The number of aliphatic hydroxyl groups is 2. The van der Waals surface area contributed by atoms with Crippen LogP contribution < -0.4 is 5.73 Å². The monoisotopic (exact) mass is 132 g/mol. The molecule has 0 aliphatic carbocycles. The Hall–Kier alpha value is -0.450. The van der Waals surface area contributed by atoms with Crippen LogP contribution >= 0.6 is 0 Å². The summed E-state index contributed by atoms with van der Waals surface area (Å²) in [6, 6.07) is -0.619. The fraction of sp³-hybridized carbons (Fsp3) is 0.800. The summed E-state index contributed by atoms with van der Waals surface area (Å²) in [5, 5.41) is 23.4. The normalized spacial score (nSPS) is 13.8. The highest BCUT2D eigenvalue weighted by molar-refractivity contribution is 5.52. The van der Waals surface area contributed by atoms with Crippen molar-refractivity contribution >= 4 is 6.21 Å². The molecule has 0 rings (SSSR count). The highest BCUT2D eigenvalue weighted by Gasteiger charge is 2.08. The minimum Gasteiger partial charge on any atom is -0.367 e. The smallest absolute Gasteiger partial charge is 0.166 e. The third-order valence-corrected chi connectivity index (χ3v) is 1.03. The van der Waals surface area contributed by atoms with Gasteiger partial charge >= 0.3 is 0 Å². The second kappa shape index (κ2) is 4.43. The highest BCUT2D eigenvalue weighted by Crippen LogP contribution is 1.94. The third kappa shape index (κ3) is 4.08. The molecule has 54 valence electrons. The second-order valence-corrected chi connectivity index (χ2v) is 1.86. The summed E-state index contributed by atoms with van der Waals surface area (Å²) >= 11 is 0. The molecule has 0 heterocycles.